The number of anilines is 1. The van der Waals surface area contributed by atoms with Crippen molar-refractivity contribution in [2.45, 2.75) is 20.4 Å². The van der Waals surface area contributed by atoms with Crippen LogP contribution in [0.3, 0.4) is 0 Å². The maximum absolute atomic E-state index is 4.08. The number of aromatic nitrogens is 2. The van der Waals surface area contributed by atoms with Crippen molar-refractivity contribution >= 4 is 5.69 Å². The average Bonchev–Trinajstić information content (AvgIpc) is 3.03. The van der Waals surface area contributed by atoms with Crippen LogP contribution in [0.2, 0.25) is 0 Å². The van der Waals surface area contributed by atoms with Crippen molar-refractivity contribution < 1.29 is 0 Å². The summed E-state index contributed by atoms with van der Waals surface area (Å²) in [7, 11) is 0. The Morgan fingerprint density at radius 3 is 2.71 bits per heavy atom. The highest BCUT2D eigenvalue weighted by Gasteiger charge is 1.99. The molecule has 0 saturated heterocycles. The van der Waals surface area contributed by atoms with Crippen LogP contribution in [-0.2, 0) is 6.54 Å². The van der Waals surface area contributed by atoms with Gasteiger partial charge >= 0.3 is 0 Å². The fourth-order valence-corrected chi connectivity index (χ4v) is 2.31. The van der Waals surface area contributed by atoms with E-state index in [1.54, 1.807) is 6.20 Å². The number of rotatable bonds is 4. The van der Waals surface area contributed by atoms with Gasteiger partial charge in [0.15, 0.2) is 0 Å². The molecule has 3 heteroatoms. The van der Waals surface area contributed by atoms with E-state index in [-0.39, 0.29) is 0 Å². The molecule has 0 unspecified atom stereocenters. The van der Waals surface area contributed by atoms with Gasteiger partial charge in [0.25, 0.3) is 0 Å². The lowest BCUT2D eigenvalue weighted by Gasteiger charge is -2.10. The molecule has 0 aliphatic heterocycles. The smallest absolute Gasteiger partial charge is 0.0991 e. The van der Waals surface area contributed by atoms with Crippen LogP contribution in [0.25, 0.3) is 5.69 Å². The van der Waals surface area contributed by atoms with Crippen LogP contribution in [0.15, 0.2) is 61.2 Å². The number of hydrogen-bond donors (Lipinski definition) is 1. The number of benzene rings is 2. The topological polar surface area (TPSA) is 29.9 Å². The molecule has 21 heavy (non-hydrogen) atoms. The molecule has 0 atom stereocenters. The minimum absolute atomic E-state index is 0.828. The molecule has 0 aliphatic rings. The first kappa shape index (κ1) is 13.4. The molecule has 0 aliphatic carbocycles. The lowest BCUT2D eigenvalue weighted by Crippen LogP contribution is -2.01. The maximum Gasteiger partial charge on any atom is 0.0991 e. The van der Waals surface area contributed by atoms with Crippen molar-refractivity contribution in [3.05, 3.63) is 77.9 Å². The zero-order valence-corrected chi connectivity index (χ0v) is 12.4. The highest BCUT2D eigenvalue weighted by Crippen LogP contribution is 2.16. The lowest BCUT2D eigenvalue weighted by molar-refractivity contribution is 1.05. The van der Waals surface area contributed by atoms with Gasteiger partial charge in [0.1, 0.15) is 0 Å². The maximum atomic E-state index is 4.08. The summed E-state index contributed by atoms with van der Waals surface area (Å²) in [5.41, 5.74) is 6.19. The molecule has 0 amide bonds. The van der Waals surface area contributed by atoms with Crippen LogP contribution in [0, 0.1) is 13.8 Å². The van der Waals surface area contributed by atoms with Gasteiger partial charge in [-0.05, 0) is 48.7 Å². The summed E-state index contributed by atoms with van der Waals surface area (Å²) in [5, 5.41) is 3.48. The van der Waals surface area contributed by atoms with Crippen molar-refractivity contribution in [1.29, 1.82) is 0 Å². The largest absolute Gasteiger partial charge is 0.381 e. The first-order chi connectivity index (χ1) is 10.2. The summed E-state index contributed by atoms with van der Waals surface area (Å²) in [6.45, 7) is 5.12. The molecule has 3 rings (SSSR count). The monoisotopic (exact) mass is 277 g/mol. The van der Waals surface area contributed by atoms with E-state index in [4.69, 9.17) is 0 Å². The predicted octanol–water partition coefficient (Wildman–Crippen LogP) is 4.10. The Bertz CT molecular complexity index is 730. The van der Waals surface area contributed by atoms with Crippen LogP contribution in [0.4, 0.5) is 5.69 Å². The van der Waals surface area contributed by atoms with Gasteiger partial charge in [0.05, 0.1) is 6.33 Å². The Morgan fingerprint density at radius 2 is 1.95 bits per heavy atom. The molecule has 0 radical (unpaired) electrons. The van der Waals surface area contributed by atoms with Crippen molar-refractivity contribution in [2.75, 3.05) is 5.32 Å². The van der Waals surface area contributed by atoms with E-state index in [1.807, 2.05) is 17.1 Å². The van der Waals surface area contributed by atoms with E-state index in [9.17, 15) is 0 Å². The summed E-state index contributed by atoms with van der Waals surface area (Å²) in [5.74, 6) is 0. The minimum atomic E-state index is 0.828. The standard InChI is InChI=1S/C18H19N3/c1-14-6-7-16(10-15(14)2)12-20-17-4-3-5-18(11-17)21-9-8-19-13-21/h3-11,13,20H,12H2,1-2H3. The Balaban J connectivity index is 1.73. The Hall–Kier alpha value is -2.55. The van der Waals surface area contributed by atoms with Crippen LogP contribution in [0.1, 0.15) is 16.7 Å². The third-order valence-corrected chi connectivity index (χ3v) is 3.72. The highest BCUT2D eigenvalue weighted by atomic mass is 15.0. The molecule has 106 valence electrons. The summed E-state index contributed by atoms with van der Waals surface area (Å²) in [6, 6.07) is 14.9. The molecule has 2 aromatic carbocycles. The first-order valence-corrected chi connectivity index (χ1v) is 7.11. The summed E-state index contributed by atoms with van der Waals surface area (Å²) < 4.78 is 2.00. The normalized spacial score (nSPS) is 10.6. The van der Waals surface area contributed by atoms with Gasteiger partial charge in [-0.1, -0.05) is 24.3 Å². The predicted molar refractivity (Wildman–Crippen MR) is 86.8 cm³/mol. The molecule has 0 bridgehead atoms. The number of nitrogens with zero attached hydrogens (tertiary/aromatic N) is 2. The van der Waals surface area contributed by atoms with Crippen molar-refractivity contribution in [2.24, 2.45) is 0 Å². The molecule has 0 saturated carbocycles. The second-order valence-corrected chi connectivity index (χ2v) is 5.29. The van der Waals surface area contributed by atoms with Crippen LogP contribution in [-0.4, -0.2) is 9.55 Å². The van der Waals surface area contributed by atoms with Crippen molar-refractivity contribution in [3.8, 4) is 5.69 Å². The quantitative estimate of drug-likeness (QED) is 0.778. The second kappa shape index (κ2) is 5.83. The third-order valence-electron chi connectivity index (χ3n) is 3.72. The Morgan fingerprint density at radius 1 is 1.05 bits per heavy atom. The summed E-state index contributed by atoms with van der Waals surface area (Å²) >= 11 is 0. The van der Waals surface area contributed by atoms with E-state index in [1.165, 1.54) is 16.7 Å². The van der Waals surface area contributed by atoms with E-state index in [0.717, 1.165) is 17.9 Å². The van der Waals surface area contributed by atoms with Crippen LogP contribution < -0.4 is 5.32 Å². The van der Waals surface area contributed by atoms with Gasteiger partial charge in [-0.2, -0.15) is 0 Å². The SMILES string of the molecule is Cc1ccc(CNc2cccc(-n3ccnc3)c2)cc1C. The van der Waals surface area contributed by atoms with Gasteiger partial charge in [0.2, 0.25) is 0 Å². The van der Waals surface area contributed by atoms with Crippen molar-refractivity contribution in [3.63, 3.8) is 0 Å². The molecule has 1 heterocycles. The molecule has 1 aromatic heterocycles. The van der Waals surface area contributed by atoms with Gasteiger partial charge in [-0.25, -0.2) is 4.98 Å². The Labute approximate surface area is 125 Å². The van der Waals surface area contributed by atoms with Crippen LogP contribution >= 0.6 is 0 Å². The zero-order valence-electron chi connectivity index (χ0n) is 12.4. The lowest BCUT2D eigenvalue weighted by atomic mass is 10.1. The number of imidazole rings is 1. The summed E-state index contributed by atoms with van der Waals surface area (Å²) in [6.07, 6.45) is 5.54. The highest BCUT2D eigenvalue weighted by molar-refractivity contribution is 5.51. The average molecular weight is 277 g/mol. The van der Waals surface area contributed by atoms with Gasteiger partial charge in [0, 0.05) is 30.3 Å². The molecule has 0 fully saturated rings. The molecular weight excluding hydrogens is 258 g/mol. The van der Waals surface area contributed by atoms with Gasteiger partial charge < -0.3 is 9.88 Å². The molecule has 1 N–H and O–H groups in total. The summed E-state index contributed by atoms with van der Waals surface area (Å²) in [4.78, 5) is 4.08. The Kier molecular flexibility index (Phi) is 3.73. The zero-order chi connectivity index (χ0) is 14.7. The second-order valence-electron chi connectivity index (χ2n) is 5.29. The first-order valence-electron chi connectivity index (χ1n) is 7.11. The number of hydrogen-bond acceptors (Lipinski definition) is 2. The number of aryl methyl sites for hydroxylation is 2. The number of nitrogens with one attached hydrogen (secondary N) is 1. The molecular formula is C18H19N3. The van der Waals surface area contributed by atoms with E-state index in [0.29, 0.717) is 0 Å². The third kappa shape index (κ3) is 3.14. The van der Waals surface area contributed by atoms with Crippen molar-refractivity contribution in [1.82, 2.24) is 9.55 Å². The fourth-order valence-electron chi connectivity index (χ4n) is 2.31. The van der Waals surface area contributed by atoms with E-state index < -0.39 is 0 Å². The van der Waals surface area contributed by atoms with Gasteiger partial charge in [-0.15, -0.1) is 0 Å². The minimum Gasteiger partial charge on any atom is -0.381 e. The van der Waals surface area contributed by atoms with Crippen LogP contribution in [0.5, 0.6) is 0 Å². The fraction of sp³-hybridized carbons (Fsp3) is 0.167. The van der Waals surface area contributed by atoms with Gasteiger partial charge in [-0.3, -0.25) is 0 Å². The van der Waals surface area contributed by atoms with E-state index >= 15 is 0 Å². The molecule has 0 spiro atoms. The van der Waals surface area contributed by atoms with E-state index in [2.05, 4.69) is 66.6 Å². The molecule has 3 aromatic rings. The molecule has 3 nitrogen and oxygen atoms in total.